The van der Waals surface area contributed by atoms with Crippen molar-refractivity contribution in [3.8, 4) is 0 Å². The number of ether oxygens (including phenoxy) is 1. The fourth-order valence-electron chi connectivity index (χ4n) is 3.01. The summed E-state index contributed by atoms with van der Waals surface area (Å²) in [6.45, 7) is 9.75. The molecule has 0 aromatic heterocycles. The summed E-state index contributed by atoms with van der Waals surface area (Å²) in [6, 6.07) is 8.77. The quantitative estimate of drug-likeness (QED) is 0.817. The molecule has 1 N–H and O–H groups in total. The van der Waals surface area contributed by atoms with Gasteiger partial charge in [0.2, 0.25) is 0 Å². The molecule has 1 aliphatic rings. The first-order valence-corrected chi connectivity index (χ1v) is 8.40. The average Bonchev–Trinajstić information content (AvgIpc) is 2.75. The molecular weight excluding hydrogens is 282 g/mol. The van der Waals surface area contributed by atoms with Crippen LogP contribution in [0.3, 0.4) is 0 Å². The molecule has 1 fully saturated rings. The van der Waals surface area contributed by atoms with Gasteiger partial charge in [-0.15, -0.1) is 0 Å². The third-order valence-electron chi connectivity index (χ3n) is 4.22. The van der Waals surface area contributed by atoms with Gasteiger partial charge in [-0.2, -0.15) is 0 Å². The van der Waals surface area contributed by atoms with Crippen molar-refractivity contribution in [1.29, 1.82) is 0 Å². The van der Waals surface area contributed by atoms with E-state index in [1.165, 1.54) is 12.0 Å². The third-order valence-corrected chi connectivity index (χ3v) is 4.47. The second-order valence-corrected chi connectivity index (χ2v) is 7.52. The zero-order chi connectivity index (χ0) is 15.5. The zero-order valence-electron chi connectivity index (χ0n) is 13.7. The van der Waals surface area contributed by atoms with E-state index in [0.29, 0.717) is 18.1 Å². The maximum Gasteiger partial charge on any atom is 0.0631 e. The molecule has 1 aromatic carbocycles. The highest BCUT2D eigenvalue weighted by Crippen LogP contribution is 2.35. The van der Waals surface area contributed by atoms with E-state index >= 15 is 0 Å². The summed E-state index contributed by atoms with van der Waals surface area (Å²) < 4.78 is 6.18. The van der Waals surface area contributed by atoms with Crippen molar-refractivity contribution < 1.29 is 4.74 Å². The molecule has 1 saturated heterocycles. The van der Waals surface area contributed by atoms with Gasteiger partial charge in [0.1, 0.15) is 0 Å². The Hall–Kier alpha value is -0.570. The monoisotopic (exact) mass is 309 g/mol. The molecule has 1 heterocycles. The van der Waals surface area contributed by atoms with Gasteiger partial charge < -0.3 is 10.1 Å². The van der Waals surface area contributed by atoms with E-state index in [4.69, 9.17) is 16.3 Å². The van der Waals surface area contributed by atoms with E-state index < -0.39 is 0 Å². The number of rotatable bonds is 6. The van der Waals surface area contributed by atoms with E-state index in [2.05, 4.69) is 45.1 Å². The first-order valence-electron chi connectivity index (χ1n) is 8.02. The summed E-state index contributed by atoms with van der Waals surface area (Å²) in [7, 11) is 0. The van der Waals surface area contributed by atoms with Crippen molar-refractivity contribution >= 4 is 11.6 Å². The lowest BCUT2D eigenvalue weighted by molar-refractivity contribution is -0.0209. The molecule has 2 atom stereocenters. The van der Waals surface area contributed by atoms with Crippen LogP contribution in [0.5, 0.6) is 0 Å². The lowest BCUT2D eigenvalue weighted by Crippen LogP contribution is -2.30. The molecule has 0 saturated carbocycles. The maximum atomic E-state index is 6.18. The van der Waals surface area contributed by atoms with Crippen LogP contribution in [-0.2, 0) is 4.74 Å². The summed E-state index contributed by atoms with van der Waals surface area (Å²) in [6.07, 6.45) is 3.77. The molecule has 0 radical (unpaired) electrons. The number of hydrogen-bond acceptors (Lipinski definition) is 2. The molecule has 2 unspecified atom stereocenters. The largest absolute Gasteiger partial charge is 0.372 e. The predicted octanol–water partition coefficient (Wildman–Crippen LogP) is 4.77. The second kappa shape index (κ2) is 7.13. The highest BCUT2D eigenvalue weighted by Gasteiger charge is 2.33. The van der Waals surface area contributed by atoms with Crippen LogP contribution in [0.4, 0.5) is 0 Å². The molecule has 21 heavy (non-hydrogen) atoms. The topological polar surface area (TPSA) is 21.3 Å². The van der Waals surface area contributed by atoms with Crippen LogP contribution < -0.4 is 5.32 Å². The zero-order valence-corrected chi connectivity index (χ0v) is 14.4. The minimum absolute atomic E-state index is 0.0424. The smallest absolute Gasteiger partial charge is 0.0631 e. The molecule has 0 spiro atoms. The highest BCUT2D eigenvalue weighted by atomic mass is 35.5. The van der Waals surface area contributed by atoms with E-state index in [9.17, 15) is 0 Å². The Labute approximate surface area is 134 Å². The van der Waals surface area contributed by atoms with Crippen molar-refractivity contribution in [3.05, 3.63) is 34.9 Å². The van der Waals surface area contributed by atoms with Gasteiger partial charge in [0.15, 0.2) is 0 Å². The van der Waals surface area contributed by atoms with Gasteiger partial charge in [-0.1, -0.05) is 37.6 Å². The van der Waals surface area contributed by atoms with E-state index in [-0.39, 0.29) is 5.60 Å². The van der Waals surface area contributed by atoms with Gasteiger partial charge in [-0.3, -0.25) is 0 Å². The second-order valence-electron chi connectivity index (χ2n) is 7.09. The first-order chi connectivity index (χ1) is 9.85. The lowest BCUT2D eigenvalue weighted by atomic mass is 9.91. The van der Waals surface area contributed by atoms with Crippen molar-refractivity contribution in [2.45, 2.75) is 70.6 Å². The van der Waals surface area contributed by atoms with Gasteiger partial charge in [0.25, 0.3) is 0 Å². The van der Waals surface area contributed by atoms with E-state index in [0.717, 1.165) is 24.4 Å². The third kappa shape index (κ3) is 5.28. The summed E-state index contributed by atoms with van der Waals surface area (Å²) >= 11 is 6.01. The summed E-state index contributed by atoms with van der Waals surface area (Å²) in [4.78, 5) is 0. The molecule has 2 rings (SSSR count). The SMILES string of the molecule is CC(C)NCC(CC1CCC(C)(C)O1)c1ccc(Cl)cc1. The van der Waals surface area contributed by atoms with Crippen LogP contribution >= 0.6 is 11.6 Å². The van der Waals surface area contributed by atoms with Crippen LogP contribution in [0, 0.1) is 0 Å². The van der Waals surface area contributed by atoms with Gasteiger partial charge in [-0.05, 0) is 56.7 Å². The van der Waals surface area contributed by atoms with Gasteiger partial charge >= 0.3 is 0 Å². The molecule has 1 aromatic rings. The van der Waals surface area contributed by atoms with Crippen molar-refractivity contribution in [2.75, 3.05) is 6.54 Å². The summed E-state index contributed by atoms with van der Waals surface area (Å²) in [5, 5.41) is 4.36. The summed E-state index contributed by atoms with van der Waals surface area (Å²) in [5.41, 5.74) is 1.39. The first kappa shape index (κ1) is 16.8. The Morgan fingerprint density at radius 2 is 1.95 bits per heavy atom. The Bertz CT molecular complexity index is 441. The van der Waals surface area contributed by atoms with Gasteiger partial charge in [0.05, 0.1) is 11.7 Å². The number of benzene rings is 1. The maximum absolute atomic E-state index is 6.18. The lowest BCUT2D eigenvalue weighted by Gasteiger charge is -2.25. The minimum atomic E-state index is 0.0424. The molecule has 3 heteroatoms. The van der Waals surface area contributed by atoms with Crippen LogP contribution in [0.25, 0.3) is 0 Å². The Balaban J connectivity index is 2.03. The molecule has 0 aliphatic carbocycles. The van der Waals surface area contributed by atoms with E-state index in [1.54, 1.807) is 0 Å². The fourth-order valence-corrected chi connectivity index (χ4v) is 3.14. The van der Waals surface area contributed by atoms with Crippen LogP contribution in [0.15, 0.2) is 24.3 Å². The fraction of sp³-hybridized carbons (Fsp3) is 0.667. The number of hydrogen-bond donors (Lipinski definition) is 1. The molecule has 2 nitrogen and oxygen atoms in total. The molecule has 118 valence electrons. The van der Waals surface area contributed by atoms with Crippen LogP contribution in [0.2, 0.25) is 5.02 Å². The van der Waals surface area contributed by atoms with Gasteiger partial charge in [0, 0.05) is 17.6 Å². The summed E-state index contributed by atoms with van der Waals surface area (Å²) in [5.74, 6) is 0.476. The minimum Gasteiger partial charge on any atom is -0.372 e. The number of halogens is 1. The Morgan fingerprint density at radius 1 is 1.29 bits per heavy atom. The van der Waals surface area contributed by atoms with Crippen molar-refractivity contribution in [1.82, 2.24) is 5.32 Å². The normalized spacial score (nSPS) is 22.7. The Morgan fingerprint density at radius 3 is 2.48 bits per heavy atom. The average molecular weight is 310 g/mol. The van der Waals surface area contributed by atoms with E-state index in [1.807, 2.05) is 12.1 Å². The molecular formula is C18H28ClNO. The molecule has 0 amide bonds. The van der Waals surface area contributed by atoms with Crippen molar-refractivity contribution in [3.63, 3.8) is 0 Å². The Kier molecular flexibility index (Phi) is 5.70. The standard InChI is InChI=1S/C18H28ClNO/c1-13(2)20-12-15(14-5-7-16(19)8-6-14)11-17-9-10-18(3,4)21-17/h5-8,13,15,17,20H,9-12H2,1-4H3. The number of nitrogens with one attached hydrogen (secondary N) is 1. The van der Waals surface area contributed by atoms with Crippen LogP contribution in [0.1, 0.15) is 58.4 Å². The van der Waals surface area contributed by atoms with Gasteiger partial charge in [-0.25, -0.2) is 0 Å². The predicted molar refractivity (Wildman–Crippen MR) is 90.1 cm³/mol. The molecule has 1 aliphatic heterocycles. The highest BCUT2D eigenvalue weighted by molar-refractivity contribution is 6.30. The van der Waals surface area contributed by atoms with Crippen LogP contribution in [-0.4, -0.2) is 24.3 Å². The van der Waals surface area contributed by atoms with Crippen molar-refractivity contribution in [2.24, 2.45) is 0 Å². The molecule has 0 bridgehead atoms.